The van der Waals surface area contributed by atoms with E-state index in [1.807, 2.05) is 6.07 Å². The Hall–Kier alpha value is -2.12. The van der Waals surface area contributed by atoms with E-state index in [0.29, 0.717) is 0 Å². The molecule has 4 nitrogen and oxygen atoms in total. The fraction of sp³-hybridized carbons (Fsp3) is 0.0714. The van der Waals surface area contributed by atoms with Crippen LogP contribution in [0.15, 0.2) is 42.5 Å². The molecule has 0 bridgehead atoms. The Bertz CT molecular complexity index is 665. The summed E-state index contributed by atoms with van der Waals surface area (Å²) >= 11 is -2.03. The Labute approximate surface area is 122 Å². The SMILES string of the molecule is O=Cc1c(F)ccc(NS(=O)OCc2ccccc2)c1F. The number of carbonyl (C=O) groups is 1. The Morgan fingerprint density at radius 3 is 2.52 bits per heavy atom. The molecule has 0 aliphatic rings. The zero-order chi connectivity index (χ0) is 15.2. The van der Waals surface area contributed by atoms with Crippen LogP contribution in [0.3, 0.4) is 0 Å². The molecule has 7 heteroatoms. The van der Waals surface area contributed by atoms with Gasteiger partial charge in [-0.3, -0.25) is 13.7 Å². The van der Waals surface area contributed by atoms with Gasteiger partial charge in [-0.25, -0.2) is 13.0 Å². The van der Waals surface area contributed by atoms with Crippen LogP contribution in [0.4, 0.5) is 14.5 Å². The summed E-state index contributed by atoms with van der Waals surface area (Å²) in [4.78, 5) is 10.6. The molecule has 1 unspecified atom stereocenters. The second-order valence-electron chi connectivity index (χ2n) is 4.03. The highest BCUT2D eigenvalue weighted by atomic mass is 32.2. The van der Waals surface area contributed by atoms with Gasteiger partial charge < -0.3 is 0 Å². The highest BCUT2D eigenvalue weighted by molar-refractivity contribution is 7.81. The van der Waals surface area contributed by atoms with Crippen molar-refractivity contribution in [1.29, 1.82) is 0 Å². The van der Waals surface area contributed by atoms with Crippen LogP contribution in [-0.4, -0.2) is 10.5 Å². The summed E-state index contributed by atoms with van der Waals surface area (Å²) < 4.78 is 45.8. The predicted octanol–water partition coefficient (Wildman–Crippen LogP) is 2.98. The third-order valence-corrected chi connectivity index (χ3v) is 3.33. The van der Waals surface area contributed by atoms with Gasteiger partial charge >= 0.3 is 0 Å². The topological polar surface area (TPSA) is 55.4 Å². The van der Waals surface area contributed by atoms with Crippen LogP contribution < -0.4 is 4.72 Å². The molecule has 0 spiro atoms. The van der Waals surface area contributed by atoms with E-state index >= 15 is 0 Å². The van der Waals surface area contributed by atoms with Crippen LogP contribution in [0.2, 0.25) is 0 Å². The van der Waals surface area contributed by atoms with Crippen LogP contribution in [0.25, 0.3) is 0 Å². The van der Waals surface area contributed by atoms with E-state index in [1.165, 1.54) is 0 Å². The van der Waals surface area contributed by atoms with Crippen LogP contribution in [0, 0.1) is 11.6 Å². The van der Waals surface area contributed by atoms with Crippen molar-refractivity contribution in [2.75, 3.05) is 4.72 Å². The number of rotatable bonds is 6. The molecule has 0 heterocycles. The highest BCUT2D eigenvalue weighted by Gasteiger charge is 2.14. The van der Waals surface area contributed by atoms with E-state index in [1.54, 1.807) is 24.3 Å². The molecular formula is C14H11F2NO3S. The van der Waals surface area contributed by atoms with Gasteiger partial charge in [0.2, 0.25) is 0 Å². The number of hydrogen-bond donors (Lipinski definition) is 1. The summed E-state index contributed by atoms with van der Waals surface area (Å²) in [6.45, 7) is 0.0593. The van der Waals surface area contributed by atoms with Crippen molar-refractivity contribution >= 4 is 23.2 Å². The number of benzene rings is 2. The maximum absolute atomic E-state index is 13.7. The Morgan fingerprint density at radius 1 is 1.14 bits per heavy atom. The minimum atomic E-state index is -2.03. The molecule has 0 radical (unpaired) electrons. The van der Waals surface area contributed by atoms with Crippen molar-refractivity contribution in [3.8, 4) is 0 Å². The molecule has 0 aliphatic carbocycles. The van der Waals surface area contributed by atoms with Crippen molar-refractivity contribution in [1.82, 2.24) is 0 Å². The van der Waals surface area contributed by atoms with Gasteiger partial charge in [0.15, 0.2) is 12.1 Å². The number of hydrogen-bond acceptors (Lipinski definition) is 3. The summed E-state index contributed by atoms with van der Waals surface area (Å²) in [6.07, 6.45) is 0.0591. The van der Waals surface area contributed by atoms with E-state index in [4.69, 9.17) is 4.18 Å². The summed E-state index contributed by atoms with van der Waals surface area (Å²) in [5.74, 6) is -2.09. The smallest absolute Gasteiger partial charge is 0.262 e. The summed E-state index contributed by atoms with van der Waals surface area (Å²) in [7, 11) is 0. The van der Waals surface area contributed by atoms with Gasteiger partial charge in [-0.1, -0.05) is 30.3 Å². The van der Waals surface area contributed by atoms with Crippen molar-refractivity contribution in [2.45, 2.75) is 6.61 Å². The average Bonchev–Trinajstić information content (AvgIpc) is 2.50. The van der Waals surface area contributed by atoms with Gasteiger partial charge in [0.1, 0.15) is 5.82 Å². The van der Waals surface area contributed by atoms with Gasteiger partial charge in [0.25, 0.3) is 11.3 Å². The molecule has 1 N–H and O–H groups in total. The molecule has 110 valence electrons. The zero-order valence-corrected chi connectivity index (χ0v) is 11.5. The lowest BCUT2D eigenvalue weighted by Gasteiger charge is -2.08. The first-order valence-corrected chi connectivity index (χ1v) is 6.98. The average molecular weight is 311 g/mol. The Morgan fingerprint density at radius 2 is 1.86 bits per heavy atom. The standard InChI is InChI=1S/C14H11F2NO3S/c15-12-6-7-13(14(16)11(12)8-18)17-21(19)20-9-10-4-2-1-3-5-10/h1-8,17H,9H2. The quantitative estimate of drug-likeness (QED) is 0.834. The molecule has 0 fully saturated rings. The normalized spacial score (nSPS) is 11.9. The summed E-state index contributed by atoms with van der Waals surface area (Å²) in [5, 5.41) is 0. The number of nitrogens with one attached hydrogen (secondary N) is 1. The predicted molar refractivity (Wildman–Crippen MR) is 74.7 cm³/mol. The second kappa shape index (κ2) is 7.05. The number of aldehydes is 1. The van der Waals surface area contributed by atoms with Crippen molar-refractivity contribution in [3.05, 3.63) is 65.2 Å². The third kappa shape index (κ3) is 3.93. The van der Waals surface area contributed by atoms with Crippen LogP contribution in [0.5, 0.6) is 0 Å². The Kier molecular flexibility index (Phi) is 5.13. The molecule has 21 heavy (non-hydrogen) atoms. The first-order valence-electron chi connectivity index (χ1n) is 5.90. The lowest BCUT2D eigenvalue weighted by atomic mass is 10.2. The molecule has 1 atom stereocenters. The molecule has 0 amide bonds. The maximum atomic E-state index is 13.7. The molecule has 0 aromatic heterocycles. The first-order chi connectivity index (χ1) is 10.1. The van der Waals surface area contributed by atoms with Crippen LogP contribution in [0.1, 0.15) is 15.9 Å². The minimum Gasteiger partial charge on any atom is -0.298 e. The fourth-order valence-corrected chi connectivity index (χ4v) is 2.21. The summed E-state index contributed by atoms with van der Waals surface area (Å²) in [6, 6.07) is 10.9. The molecule has 0 aliphatic heterocycles. The van der Waals surface area contributed by atoms with E-state index in [9.17, 15) is 17.8 Å². The fourth-order valence-electron chi connectivity index (χ4n) is 1.57. The van der Waals surface area contributed by atoms with Crippen LogP contribution in [-0.2, 0) is 22.1 Å². The molecule has 2 aromatic carbocycles. The lowest BCUT2D eigenvalue weighted by Crippen LogP contribution is -2.10. The highest BCUT2D eigenvalue weighted by Crippen LogP contribution is 2.20. The number of halogens is 2. The van der Waals surface area contributed by atoms with Gasteiger partial charge in [0, 0.05) is 0 Å². The molecular weight excluding hydrogens is 300 g/mol. The maximum Gasteiger partial charge on any atom is 0.262 e. The number of carbonyl (C=O) groups excluding carboxylic acids is 1. The summed E-state index contributed by atoms with van der Waals surface area (Å²) in [5.41, 5.74) is -0.203. The minimum absolute atomic E-state index is 0.0591. The lowest BCUT2D eigenvalue weighted by molar-refractivity contribution is 0.111. The second-order valence-corrected chi connectivity index (χ2v) is 4.93. The third-order valence-electron chi connectivity index (χ3n) is 2.61. The van der Waals surface area contributed by atoms with Gasteiger partial charge in [0.05, 0.1) is 17.9 Å². The molecule has 2 rings (SSSR count). The van der Waals surface area contributed by atoms with Crippen molar-refractivity contribution in [2.24, 2.45) is 0 Å². The largest absolute Gasteiger partial charge is 0.298 e. The van der Waals surface area contributed by atoms with Gasteiger partial charge in [-0.2, -0.15) is 0 Å². The van der Waals surface area contributed by atoms with E-state index in [2.05, 4.69) is 4.72 Å². The first kappa shape index (κ1) is 15.3. The Balaban J connectivity index is 2.02. The molecule has 0 saturated carbocycles. The molecule has 2 aromatic rings. The van der Waals surface area contributed by atoms with E-state index < -0.39 is 28.5 Å². The van der Waals surface area contributed by atoms with Gasteiger partial charge in [-0.15, -0.1) is 0 Å². The monoisotopic (exact) mass is 311 g/mol. The van der Waals surface area contributed by atoms with Crippen molar-refractivity contribution in [3.63, 3.8) is 0 Å². The van der Waals surface area contributed by atoms with E-state index in [0.717, 1.165) is 17.7 Å². The molecule has 0 saturated heterocycles. The van der Waals surface area contributed by atoms with Crippen LogP contribution >= 0.6 is 0 Å². The van der Waals surface area contributed by atoms with E-state index in [-0.39, 0.29) is 18.6 Å². The number of anilines is 1. The van der Waals surface area contributed by atoms with Gasteiger partial charge in [-0.05, 0) is 17.7 Å². The zero-order valence-electron chi connectivity index (χ0n) is 10.7. The van der Waals surface area contributed by atoms with Crippen molar-refractivity contribution < 1.29 is 22.0 Å².